The largest absolute Gasteiger partial charge is 0.462 e. The highest BCUT2D eigenvalue weighted by molar-refractivity contribution is 6.07. The summed E-state index contributed by atoms with van der Waals surface area (Å²) in [6.07, 6.45) is 1.49. The number of anilines is 3. The molecule has 27 heavy (non-hydrogen) atoms. The van der Waals surface area contributed by atoms with Crippen LogP contribution in [-0.2, 0) is 4.74 Å². The Hall–Kier alpha value is -3.74. The molecule has 0 bridgehead atoms. The van der Waals surface area contributed by atoms with Crippen LogP contribution in [0.5, 0.6) is 0 Å². The lowest BCUT2D eigenvalue weighted by Gasteiger charge is -2.10. The summed E-state index contributed by atoms with van der Waals surface area (Å²) in [6, 6.07) is 17.5. The lowest BCUT2D eigenvalue weighted by molar-refractivity contribution is 0.0527. The molecule has 0 saturated carbocycles. The molecule has 3 aromatic rings. The van der Waals surface area contributed by atoms with Crippen LogP contribution in [0.2, 0.25) is 0 Å². The van der Waals surface area contributed by atoms with E-state index in [0.717, 1.165) is 5.69 Å². The number of nitrogens with zero attached hydrogens (tertiary/aromatic N) is 2. The third-order valence-corrected chi connectivity index (χ3v) is 3.59. The number of rotatable bonds is 6. The normalized spacial score (nSPS) is 10.1. The molecule has 2 N–H and O–H groups in total. The first-order chi connectivity index (χ1) is 13.2. The molecule has 3 rings (SSSR count). The number of carbonyl (C=O) groups is 2. The summed E-state index contributed by atoms with van der Waals surface area (Å²) in [6.45, 7) is 1.97. The fourth-order valence-electron chi connectivity index (χ4n) is 2.36. The van der Waals surface area contributed by atoms with Crippen molar-refractivity contribution in [3.8, 4) is 0 Å². The van der Waals surface area contributed by atoms with E-state index < -0.39 is 11.9 Å². The van der Waals surface area contributed by atoms with Crippen molar-refractivity contribution < 1.29 is 14.3 Å². The van der Waals surface area contributed by atoms with Crippen molar-refractivity contribution in [1.82, 2.24) is 9.97 Å². The predicted molar refractivity (Wildman–Crippen MR) is 102 cm³/mol. The third-order valence-electron chi connectivity index (χ3n) is 3.59. The lowest BCUT2D eigenvalue weighted by atomic mass is 10.1. The highest BCUT2D eigenvalue weighted by Crippen LogP contribution is 2.18. The molecule has 1 aromatic heterocycles. The van der Waals surface area contributed by atoms with Gasteiger partial charge in [0, 0.05) is 11.9 Å². The summed E-state index contributed by atoms with van der Waals surface area (Å²) in [4.78, 5) is 32.9. The maximum Gasteiger partial charge on any atom is 0.340 e. The number of aromatic nitrogens is 2. The molecule has 0 aliphatic heterocycles. The Bertz CT molecular complexity index is 945. The Kier molecular flexibility index (Phi) is 5.73. The van der Waals surface area contributed by atoms with Crippen LogP contribution in [0.15, 0.2) is 66.9 Å². The lowest BCUT2D eigenvalue weighted by Crippen LogP contribution is -2.17. The zero-order chi connectivity index (χ0) is 19.1. The van der Waals surface area contributed by atoms with Crippen LogP contribution < -0.4 is 10.6 Å². The Morgan fingerprint density at radius 2 is 1.74 bits per heavy atom. The van der Waals surface area contributed by atoms with Gasteiger partial charge < -0.3 is 15.4 Å². The summed E-state index contributed by atoms with van der Waals surface area (Å²) < 4.78 is 5.02. The molecule has 0 unspecified atom stereocenters. The first-order valence-electron chi connectivity index (χ1n) is 8.40. The minimum Gasteiger partial charge on any atom is -0.462 e. The molecule has 0 aliphatic rings. The van der Waals surface area contributed by atoms with Crippen molar-refractivity contribution in [2.24, 2.45) is 0 Å². The van der Waals surface area contributed by atoms with Gasteiger partial charge >= 0.3 is 5.97 Å². The van der Waals surface area contributed by atoms with E-state index in [4.69, 9.17) is 4.74 Å². The van der Waals surface area contributed by atoms with Crippen molar-refractivity contribution in [1.29, 1.82) is 0 Å². The van der Waals surface area contributed by atoms with Crippen molar-refractivity contribution in [3.63, 3.8) is 0 Å². The van der Waals surface area contributed by atoms with Gasteiger partial charge in [-0.25, -0.2) is 14.8 Å². The van der Waals surface area contributed by atoms with Gasteiger partial charge in [-0.05, 0) is 37.3 Å². The molecular formula is C20H18N4O3. The maximum absolute atomic E-state index is 12.6. The molecule has 2 aromatic carbocycles. The number of para-hydroxylation sites is 2. The van der Waals surface area contributed by atoms with Gasteiger partial charge in [0.2, 0.25) is 5.95 Å². The molecule has 0 radical (unpaired) electrons. The first kappa shape index (κ1) is 18.1. The van der Waals surface area contributed by atoms with E-state index in [1.54, 1.807) is 31.2 Å². The monoisotopic (exact) mass is 362 g/mol. The summed E-state index contributed by atoms with van der Waals surface area (Å²) in [5, 5.41) is 5.73. The molecule has 0 atom stereocenters. The Morgan fingerprint density at radius 1 is 1.00 bits per heavy atom. The highest BCUT2D eigenvalue weighted by Gasteiger charge is 2.16. The fraction of sp³-hybridized carbons (Fsp3) is 0.100. The molecule has 7 heteroatoms. The maximum atomic E-state index is 12.6. The molecular weight excluding hydrogens is 344 g/mol. The summed E-state index contributed by atoms with van der Waals surface area (Å²) in [5.74, 6) is -0.652. The van der Waals surface area contributed by atoms with Crippen LogP contribution in [0, 0.1) is 0 Å². The van der Waals surface area contributed by atoms with Gasteiger partial charge in [0.05, 0.1) is 17.9 Å². The van der Waals surface area contributed by atoms with Gasteiger partial charge in [-0.15, -0.1) is 0 Å². The van der Waals surface area contributed by atoms with Gasteiger partial charge in [0.15, 0.2) is 0 Å². The molecule has 0 spiro atoms. The van der Waals surface area contributed by atoms with Crippen molar-refractivity contribution >= 4 is 29.2 Å². The van der Waals surface area contributed by atoms with E-state index in [1.165, 1.54) is 12.3 Å². The fourth-order valence-corrected chi connectivity index (χ4v) is 2.36. The van der Waals surface area contributed by atoms with Crippen molar-refractivity contribution in [2.45, 2.75) is 6.92 Å². The summed E-state index contributed by atoms with van der Waals surface area (Å²) in [7, 11) is 0. The Balaban J connectivity index is 1.77. The van der Waals surface area contributed by atoms with E-state index in [2.05, 4.69) is 20.6 Å². The third kappa shape index (κ3) is 4.66. The second-order valence-corrected chi connectivity index (χ2v) is 5.48. The predicted octanol–water partition coefficient (Wildman–Crippen LogP) is 3.65. The molecule has 0 aliphatic carbocycles. The van der Waals surface area contributed by atoms with Gasteiger partial charge in [0.25, 0.3) is 5.91 Å². The summed E-state index contributed by atoms with van der Waals surface area (Å²) >= 11 is 0. The number of ether oxygens (including phenoxy) is 1. The minimum absolute atomic E-state index is 0.169. The first-order valence-corrected chi connectivity index (χ1v) is 8.40. The topological polar surface area (TPSA) is 93.2 Å². The van der Waals surface area contributed by atoms with Gasteiger partial charge in [-0.3, -0.25) is 4.79 Å². The number of hydrogen-bond acceptors (Lipinski definition) is 6. The van der Waals surface area contributed by atoms with Crippen molar-refractivity contribution in [3.05, 3.63) is 78.1 Å². The second-order valence-electron chi connectivity index (χ2n) is 5.48. The average molecular weight is 362 g/mol. The number of nitrogens with one attached hydrogen (secondary N) is 2. The van der Waals surface area contributed by atoms with Gasteiger partial charge in [0.1, 0.15) is 5.69 Å². The van der Waals surface area contributed by atoms with Crippen LogP contribution in [0.4, 0.5) is 17.3 Å². The zero-order valence-corrected chi connectivity index (χ0v) is 14.7. The van der Waals surface area contributed by atoms with Gasteiger partial charge in [-0.1, -0.05) is 30.3 Å². The zero-order valence-electron chi connectivity index (χ0n) is 14.7. The van der Waals surface area contributed by atoms with Crippen LogP contribution in [-0.4, -0.2) is 28.5 Å². The van der Waals surface area contributed by atoms with Crippen LogP contribution >= 0.6 is 0 Å². The van der Waals surface area contributed by atoms with E-state index in [0.29, 0.717) is 11.6 Å². The van der Waals surface area contributed by atoms with E-state index >= 15 is 0 Å². The van der Waals surface area contributed by atoms with E-state index in [1.807, 2.05) is 30.3 Å². The number of benzene rings is 2. The number of hydrogen-bond donors (Lipinski definition) is 2. The van der Waals surface area contributed by atoms with Crippen LogP contribution in [0.25, 0.3) is 0 Å². The quantitative estimate of drug-likeness (QED) is 0.650. The molecule has 1 amide bonds. The summed E-state index contributed by atoms with van der Waals surface area (Å²) in [5.41, 5.74) is 1.62. The SMILES string of the molecule is CCOC(=O)c1ccccc1NC(=O)c1ccnc(Nc2ccccc2)n1. The number of esters is 1. The molecule has 136 valence electrons. The average Bonchev–Trinajstić information content (AvgIpc) is 2.69. The Morgan fingerprint density at radius 3 is 2.52 bits per heavy atom. The molecule has 7 nitrogen and oxygen atoms in total. The minimum atomic E-state index is -0.498. The molecule has 0 saturated heterocycles. The molecule has 1 heterocycles. The highest BCUT2D eigenvalue weighted by atomic mass is 16.5. The van der Waals surface area contributed by atoms with Crippen LogP contribution in [0.3, 0.4) is 0 Å². The van der Waals surface area contributed by atoms with E-state index in [-0.39, 0.29) is 17.9 Å². The second kappa shape index (κ2) is 8.57. The standard InChI is InChI=1S/C20H18N4O3/c1-2-27-19(26)15-10-6-7-11-16(15)23-18(25)17-12-13-21-20(24-17)22-14-8-4-3-5-9-14/h3-13H,2H2,1H3,(H,23,25)(H,21,22,24). The smallest absolute Gasteiger partial charge is 0.340 e. The Labute approximate surface area is 156 Å². The number of amides is 1. The van der Waals surface area contributed by atoms with Crippen molar-refractivity contribution in [2.75, 3.05) is 17.2 Å². The van der Waals surface area contributed by atoms with Gasteiger partial charge in [-0.2, -0.15) is 0 Å². The van der Waals surface area contributed by atoms with E-state index in [9.17, 15) is 9.59 Å². The molecule has 0 fully saturated rings. The number of carbonyl (C=O) groups excluding carboxylic acids is 2. The van der Waals surface area contributed by atoms with Crippen LogP contribution in [0.1, 0.15) is 27.8 Å².